The van der Waals surface area contributed by atoms with E-state index in [2.05, 4.69) is 20.1 Å². The molecule has 142 valence electrons. The summed E-state index contributed by atoms with van der Waals surface area (Å²) in [6.07, 6.45) is 0. The first-order valence-electron chi connectivity index (χ1n) is 8.50. The number of carbonyl (C=O) groups excluding carboxylic acids is 1. The van der Waals surface area contributed by atoms with Crippen molar-refractivity contribution in [2.75, 3.05) is 7.11 Å². The first kappa shape index (κ1) is 18.1. The van der Waals surface area contributed by atoms with Crippen molar-refractivity contribution in [3.63, 3.8) is 0 Å². The van der Waals surface area contributed by atoms with E-state index in [1.54, 1.807) is 7.11 Å². The number of aryl methyl sites for hydroxylation is 2. The molecule has 1 aromatic carbocycles. The Balaban J connectivity index is 1.47. The number of benzene rings is 1. The zero-order valence-corrected chi connectivity index (χ0v) is 16.4. The van der Waals surface area contributed by atoms with Crippen molar-refractivity contribution in [3.05, 3.63) is 58.6 Å². The average molecular weight is 395 g/mol. The molecule has 4 rings (SSSR count). The van der Waals surface area contributed by atoms with E-state index in [9.17, 15) is 4.79 Å². The Bertz CT molecular complexity index is 1170. The van der Waals surface area contributed by atoms with Crippen LogP contribution in [0.1, 0.15) is 27.7 Å². The van der Waals surface area contributed by atoms with E-state index in [0.29, 0.717) is 11.5 Å². The van der Waals surface area contributed by atoms with Gasteiger partial charge in [-0.25, -0.2) is 19.3 Å². The lowest BCUT2D eigenvalue weighted by atomic mass is 10.2. The molecule has 9 heteroatoms. The summed E-state index contributed by atoms with van der Waals surface area (Å²) in [5, 5.41) is 6.85. The van der Waals surface area contributed by atoms with Crippen molar-refractivity contribution in [2.24, 2.45) is 0 Å². The molecule has 0 fully saturated rings. The summed E-state index contributed by atoms with van der Waals surface area (Å²) in [7, 11) is 1.62. The van der Waals surface area contributed by atoms with Crippen molar-refractivity contribution < 1.29 is 14.3 Å². The highest BCUT2D eigenvalue weighted by Crippen LogP contribution is 2.27. The number of hydrogen-bond acceptors (Lipinski definition) is 8. The van der Waals surface area contributed by atoms with Gasteiger partial charge in [0.05, 0.1) is 12.8 Å². The number of hydrogen-bond donors (Lipinski definition) is 0. The predicted octanol–water partition coefficient (Wildman–Crippen LogP) is 3.23. The largest absolute Gasteiger partial charge is 0.497 e. The molecule has 8 nitrogen and oxygen atoms in total. The van der Waals surface area contributed by atoms with Crippen molar-refractivity contribution in [2.45, 2.75) is 20.5 Å². The van der Waals surface area contributed by atoms with Crippen molar-refractivity contribution in [1.82, 2.24) is 24.6 Å². The molecule has 0 amide bonds. The molecular formula is C19H17N5O3S. The predicted molar refractivity (Wildman–Crippen MR) is 103 cm³/mol. The third kappa shape index (κ3) is 3.56. The Morgan fingerprint density at radius 2 is 2.04 bits per heavy atom. The molecule has 0 aliphatic rings. The van der Waals surface area contributed by atoms with Crippen LogP contribution in [0.2, 0.25) is 0 Å². The highest BCUT2D eigenvalue weighted by atomic mass is 32.1. The van der Waals surface area contributed by atoms with Crippen LogP contribution in [0, 0.1) is 13.8 Å². The van der Waals surface area contributed by atoms with E-state index in [1.165, 1.54) is 15.9 Å². The summed E-state index contributed by atoms with van der Waals surface area (Å²) >= 11 is 1.47. The van der Waals surface area contributed by atoms with Gasteiger partial charge in [-0.2, -0.15) is 4.98 Å². The number of esters is 1. The van der Waals surface area contributed by atoms with E-state index in [0.717, 1.165) is 27.7 Å². The van der Waals surface area contributed by atoms with Gasteiger partial charge in [-0.05, 0) is 32.0 Å². The molecule has 0 unspecified atom stereocenters. The van der Waals surface area contributed by atoms with Crippen LogP contribution >= 0.6 is 11.3 Å². The second kappa shape index (κ2) is 7.35. The Morgan fingerprint density at radius 1 is 1.18 bits per heavy atom. The molecule has 0 radical (unpaired) electrons. The molecule has 0 aliphatic carbocycles. The van der Waals surface area contributed by atoms with Gasteiger partial charge in [-0.3, -0.25) is 0 Å². The summed E-state index contributed by atoms with van der Waals surface area (Å²) in [5.41, 5.74) is 3.26. The molecule has 0 atom stereocenters. The molecule has 0 N–H and O–H groups in total. The van der Waals surface area contributed by atoms with Gasteiger partial charge in [0.1, 0.15) is 17.4 Å². The summed E-state index contributed by atoms with van der Waals surface area (Å²) in [5.74, 6) is 0.499. The van der Waals surface area contributed by atoms with E-state index < -0.39 is 5.97 Å². The van der Waals surface area contributed by atoms with Crippen LogP contribution in [-0.2, 0) is 11.3 Å². The molecule has 0 saturated carbocycles. The second-order valence-corrected chi connectivity index (χ2v) is 7.00. The van der Waals surface area contributed by atoms with Gasteiger partial charge in [0.25, 0.3) is 11.6 Å². The number of aromatic nitrogens is 5. The fourth-order valence-corrected chi connectivity index (χ4v) is 3.52. The molecule has 0 bridgehead atoms. The number of ether oxygens (including phenoxy) is 2. The lowest BCUT2D eigenvalue weighted by Gasteiger charge is -2.01. The maximum atomic E-state index is 12.3. The molecule has 0 spiro atoms. The maximum Gasteiger partial charge on any atom is 0.378 e. The fraction of sp³-hybridized carbons (Fsp3) is 0.211. The monoisotopic (exact) mass is 395 g/mol. The first-order chi connectivity index (χ1) is 13.5. The van der Waals surface area contributed by atoms with Crippen LogP contribution in [0.3, 0.4) is 0 Å². The average Bonchev–Trinajstić information content (AvgIpc) is 3.33. The number of nitrogens with zero attached hydrogens (tertiary/aromatic N) is 5. The van der Waals surface area contributed by atoms with E-state index >= 15 is 0 Å². The van der Waals surface area contributed by atoms with Gasteiger partial charge in [0, 0.05) is 22.3 Å². The van der Waals surface area contributed by atoms with Crippen molar-refractivity contribution in [3.8, 4) is 16.3 Å². The van der Waals surface area contributed by atoms with Crippen LogP contribution < -0.4 is 4.74 Å². The van der Waals surface area contributed by atoms with E-state index in [4.69, 9.17) is 9.47 Å². The standard InChI is InChI=1S/C19H17N5O3S/c1-11-7-12(2)24-19(20-11)22-16(23-24)18(25)27-9-14-10-28-17(21-14)13-5-4-6-15(8-13)26-3/h4-8,10H,9H2,1-3H3. The van der Waals surface area contributed by atoms with Gasteiger partial charge in [0.2, 0.25) is 0 Å². The van der Waals surface area contributed by atoms with Crippen LogP contribution in [0.4, 0.5) is 0 Å². The number of fused-ring (bicyclic) bond motifs is 1. The van der Waals surface area contributed by atoms with E-state index in [-0.39, 0.29) is 12.4 Å². The zero-order valence-electron chi connectivity index (χ0n) is 15.5. The van der Waals surface area contributed by atoms with Gasteiger partial charge >= 0.3 is 5.97 Å². The van der Waals surface area contributed by atoms with Crippen LogP contribution in [0.15, 0.2) is 35.7 Å². The summed E-state index contributed by atoms with van der Waals surface area (Å²) in [6.45, 7) is 3.78. The third-order valence-corrected chi connectivity index (χ3v) is 4.96. The Morgan fingerprint density at radius 3 is 2.86 bits per heavy atom. The molecular weight excluding hydrogens is 378 g/mol. The Labute approximate surface area is 164 Å². The second-order valence-electron chi connectivity index (χ2n) is 6.14. The molecule has 4 aromatic rings. The number of carbonyl (C=O) groups is 1. The molecule has 0 aliphatic heterocycles. The molecule has 28 heavy (non-hydrogen) atoms. The number of methoxy groups -OCH3 is 1. The summed E-state index contributed by atoms with van der Waals surface area (Å²) < 4.78 is 12.1. The minimum Gasteiger partial charge on any atom is -0.497 e. The molecule has 3 aromatic heterocycles. The SMILES string of the molecule is COc1cccc(-c2nc(COC(=O)c3nc4nc(C)cc(C)n4n3)cs2)c1. The normalized spacial score (nSPS) is 11.0. The van der Waals surface area contributed by atoms with E-state index in [1.807, 2.05) is 49.6 Å². The Hall–Kier alpha value is -3.33. The van der Waals surface area contributed by atoms with Gasteiger partial charge in [0.15, 0.2) is 0 Å². The van der Waals surface area contributed by atoms with Crippen LogP contribution in [0.25, 0.3) is 16.3 Å². The quantitative estimate of drug-likeness (QED) is 0.479. The van der Waals surface area contributed by atoms with Crippen molar-refractivity contribution in [1.29, 1.82) is 0 Å². The topological polar surface area (TPSA) is 91.5 Å². The van der Waals surface area contributed by atoms with Gasteiger partial charge < -0.3 is 9.47 Å². The highest BCUT2D eigenvalue weighted by Gasteiger charge is 2.17. The molecule has 0 saturated heterocycles. The smallest absolute Gasteiger partial charge is 0.378 e. The Kier molecular flexibility index (Phi) is 4.74. The third-order valence-electron chi connectivity index (χ3n) is 4.02. The molecule has 3 heterocycles. The highest BCUT2D eigenvalue weighted by molar-refractivity contribution is 7.13. The van der Waals surface area contributed by atoms with Gasteiger partial charge in [-0.1, -0.05) is 12.1 Å². The van der Waals surface area contributed by atoms with Crippen molar-refractivity contribution >= 4 is 23.1 Å². The fourth-order valence-electron chi connectivity index (χ4n) is 2.72. The minimum absolute atomic E-state index is 0.0237. The maximum absolute atomic E-state index is 12.3. The lowest BCUT2D eigenvalue weighted by Crippen LogP contribution is -2.08. The van der Waals surface area contributed by atoms with Gasteiger partial charge in [-0.15, -0.1) is 16.4 Å². The minimum atomic E-state index is -0.613. The van der Waals surface area contributed by atoms with Crippen LogP contribution in [0.5, 0.6) is 5.75 Å². The first-order valence-corrected chi connectivity index (χ1v) is 9.38. The van der Waals surface area contributed by atoms with Crippen LogP contribution in [-0.4, -0.2) is 37.6 Å². The number of thiazole rings is 1. The summed E-state index contributed by atoms with van der Waals surface area (Å²) in [4.78, 5) is 25.3. The summed E-state index contributed by atoms with van der Waals surface area (Å²) in [6, 6.07) is 9.51. The lowest BCUT2D eigenvalue weighted by molar-refractivity contribution is 0.0454. The number of rotatable bonds is 5. The zero-order chi connectivity index (χ0) is 19.7.